The minimum Gasteiger partial charge on any atom is -0.320 e. The van der Waals surface area contributed by atoms with Crippen molar-refractivity contribution in [2.24, 2.45) is 5.73 Å². The van der Waals surface area contributed by atoms with Gasteiger partial charge >= 0.3 is 12.4 Å². The number of hydrogen-bond donors (Lipinski definition) is 1. The fraction of sp³-hybridized carbons (Fsp3) is 0.400. The van der Waals surface area contributed by atoms with E-state index in [1.54, 1.807) is 0 Å². The Morgan fingerprint density at radius 1 is 1.00 bits per heavy atom. The molecule has 0 radical (unpaired) electrons. The first-order chi connectivity index (χ1) is 7.62. The first-order valence-electron chi connectivity index (χ1n) is 4.60. The lowest BCUT2D eigenvalue weighted by Crippen LogP contribution is -2.39. The lowest BCUT2D eigenvalue weighted by molar-refractivity contribution is -0.149. The van der Waals surface area contributed by atoms with Crippen LogP contribution in [0.2, 0.25) is 0 Å². The molecule has 0 fully saturated rings. The van der Waals surface area contributed by atoms with Crippen LogP contribution in [0.4, 0.5) is 26.3 Å². The molecule has 1 nitrogen and oxygen atoms in total. The maximum absolute atomic E-state index is 12.5. The van der Waals surface area contributed by atoms with Crippen molar-refractivity contribution in [2.45, 2.75) is 24.8 Å². The SMILES string of the molecule is NC(Cc1ccccc1C(F)(F)F)C(F)(F)F. The summed E-state index contributed by atoms with van der Waals surface area (Å²) >= 11 is 0. The second kappa shape index (κ2) is 4.56. The minimum absolute atomic E-state index is 0.454. The summed E-state index contributed by atoms with van der Waals surface area (Å²) in [5.41, 5.74) is 3.27. The van der Waals surface area contributed by atoms with Crippen LogP contribution in [0.1, 0.15) is 11.1 Å². The van der Waals surface area contributed by atoms with E-state index >= 15 is 0 Å². The van der Waals surface area contributed by atoms with Crippen molar-refractivity contribution in [3.63, 3.8) is 0 Å². The van der Waals surface area contributed by atoms with E-state index in [1.807, 2.05) is 0 Å². The number of benzene rings is 1. The molecule has 1 aromatic rings. The van der Waals surface area contributed by atoms with Gasteiger partial charge in [0.25, 0.3) is 0 Å². The summed E-state index contributed by atoms with van der Waals surface area (Å²) < 4.78 is 73.9. The van der Waals surface area contributed by atoms with Crippen LogP contribution in [-0.4, -0.2) is 12.2 Å². The summed E-state index contributed by atoms with van der Waals surface area (Å²) in [6.45, 7) is 0. The molecule has 0 aliphatic heterocycles. The maximum Gasteiger partial charge on any atom is 0.416 e. The summed E-state index contributed by atoms with van der Waals surface area (Å²) in [6.07, 6.45) is -10.3. The predicted molar refractivity (Wildman–Crippen MR) is 49.2 cm³/mol. The summed E-state index contributed by atoms with van der Waals surface area (Å²) in [5, 5.41) is 0. The Labute approximate surface area is 93.2 Å². The standard InChI is InChI=1S/C10H9F6N/c11-9(12,13)7-4-2-1-3-6(7)5-8(17)10(14,15)16/h1-4,8H,5,17H2. The Morgan fingerprint density at radius 3 is 2.00 bits per heavy atom. The van der Waals surface area contributed by atoms with Gasteiger partial charge < -0.3 is 5.73 Å². The first kappa shape index (κ1) is 13.8. The van der Waals surface area contributed by atoms with E-state index in [-0.39, 0.29) is 0 Å². The van der Waals surface area contributed by atoms with Crippen LogP contribution in [-0.2, 0) is 12.6 Å². The summed E-state index contributed by atoms with van der Waals surface area (Å²) in [7, 11) is 0. The number of rotatable bonds is 2. The smallest absolute Gasteiger partial charge is 0.320 e. The molecule has 0 aliphatic rings. The van der Waals surface area contributed by atoms with Crippen LogP contribution in [0.25, 0.3) is 0 Å². The van der Waals surface area contributed by atoms with Gasteiger partial charge in [-0.05, 0) is 18.1 Å². The maximum atomic E-state index is 12.5. The minimum atomic E-state index is -4.71. The van der Waals surface area contributed by atoms with Crippen molar-refractivity contribution in [2.75, 3.05) is 0 Å². The van der Waals surface area contributed by atoms with Gasteiger partial charge in [-0.15, -0.1) is 0 Å². The molecule has 0 aliphatic carbocycles. The molecular weight excluding hydrogens is 248 g/mol. The van der Waals surface area contributed by atoms with Crippen LogP contribution in [0.15, 0.2) is 24.3 Å². The molecule has 1 atom stereocenters. The Morgan fingerprint density at radius 2 is 1.53 bits per heavy atom. The Kier molecular flexibility index (Phi) is 3.71. The van der Waals surface area contributed by atoms with E-state index in [0.717, 1.165) is 18.2 Å². The molecule has 1 rings (SSSR count). The van der Waals surface area contributed by atoms with E-state index in [9.17, 15) is 26.3 Å². The van der Waals surface area contributed by atoms with Gasteiger partial charge in [-0.2, -0.15) is 26.3 Å². The molecule has 17 heavy (non-hydrogen) atoms. The van der Waals surface area contributed by atoms with Crippen LogP contribution >= 0.6 is 0 Å². The van der Waals surface area contributed by atoms with Crippen molar-refractivity contribution in [3.8, 4) is 0 Å². The van der Waals surface area contributed by atoms with Crippen molar-refractivity contribution < 1.29 is 26.3 Å². The average Bonchev–Trinajstić information content (AvgIpc) is 2.15. The van der Waals surface area contributed by atoms with Crippen LogP contribution < -0.4 is 5.73 Å². The monoisotopic (exact) mass is 257 g/mol. The van der Waals surface area contributed by atoms with Crippen molar-refractivity contribution in [3.05, 3.63) is 35.4 Å². The van der Waals surface area contributed by atoms with Crippen LogP contribution in [0, 0.1) is 0 Å². The van der Waals surface area contributed by atoms with Gasteiger partial charge in [-0.3, -0.25) is 0 Å². The van der Waals surface area contributed by atoms with Gasteiger partial charge in [0.2, 0.25) is 0 Å². The lowest BCUT2D eigenvalue weighted by Gasteiger charge is -2.18. The van der Waals surface area contributed by atoms with E-state index in [0.29, 0.717) is 0 Å². The van der Waals surface area contributed by atoms with Gasteiger partial charge in [-0.1, -0.05) is 18.2 Å². The second-order valence-electron chi connectivity index (χ2n) is 3.51. The molecule has 96 valence electrons. The highest BCUT2D eigenvalue weighted by Crippen LogP contribution is 2.33. The zero-order valence-corrected chi connectivity index (χ0v) is 8.44. The highest BCUT2D eigenvalue weighted by molar-refractivity contribution is 5.30. The van der Waals surface area contributed by atoms with Crippen molar-refractivity contribution in [1.29, 1.82) is 0 Å². The molecule has 0 aromatic heterocycles. The molecule has 0 spiro atoms. The molecule has 2 N–H and O–H groups in total. The van der Waals surface area contributed by atoms with E-state index in [2.05, 4.69) is 0 Å². The summed E-state index contributed by atoms with van der Waals surface area (Å²) in [4.78, 5) is 0. The van der Waals surface area contributed by atoms with Gasteiger partial charge in [-0.25, -0.2) is 0 Å². The molecule has 0 amide bonds. The third-order valence-electron chi connectivity index (χ3n) is 2.18. The largest absolute Gasteiger partial charge is 0.416 e. The normalized spacial score (nSPS) is 14.8. The molecule has 0 saturated carbocycles. The van der Waals surface area contributed by atoms with Crippen LogP contribution in [0.3, 0.4) is 0 Å². The average molecular weight is 257 g/mol. The lowest BCUT2D eigenvalue weighted by atomic mass is 10.00. The van der Waals surface area contributed by atoms with E-state index < -0.39 is 35.9 Å². The van der Waals surface area contributed by atoms with Crippen molar-refractivity contribution in [1.82, 2.24) is 0 Å². The zero-order chi connectivity index (χ0) is 13.3. The number of halogens is 6. The molecule has 7 heteroatoms. The molecule has 0 bridgehead atoms. The molecule has 0 heterocycles. The number of nitrogens with two attached hydrogens (primary N) is 1. The highest BCUT2D eigenvalue weighted by atomic mass is 19.4. The third kappa shape index (κ3) is 3.62. The quantitative estimate of drug-likeness (QED) is 0.809. The van der Waals surface area contributed by atoms with Gasteiger partial charge in [0.1, 0.15) is 6.04 Å². The predicted octanol–water partition coefficient (Wildman–Crippen LogP) is 3.14. The van der Waals surface area contributed by atoms with Crippen LogP contribution in [0.5, 0.6) is 0 Å². The third-order valence-corrected chi connectivity index (χ3v) is 2.18. The topological polar surface area (TPSA) is 26.0 Å². The number of hydrogen-bond acceptors (Lipinski definition) is 1. The summed E-state index contributed by atoms with van der Waals surface area (Å²) in [6, 6.07) is 1.79. The molecular formula is C10H9F6N. The van der Waals surface area contributed by atoms with Gasteiger partial charge in [0.15, 0.2) is 0 Å². The zero-order valence-electron chi connectivity index (χ0n) is 8.44. The van der Waals surface area contributed by atoms with E-state index in [1.165, 1.54) is 6.07 Å². The Hall–Kier alpha value is -1.24. The highest BCUT2D eigenvalue weighted by Gasteiger charge is 2.39. The van der Waals surface area contributed by atoms with Crippen molar-refractivity contribution >= 4 is 0 Å². The van der Waals surface area contributed by atoms with Gasteiger partial charge in [0.05, 0.1) is 5.56 Å². The Bertz CT molecular complexity index is 381. The van der Waals surface area contributed by atoms with Gasteiger partial charge in [0, 0.05) is 0 Å². The second-order valence-corrected chi connectivity index (χ2v) is 3.51. The molecule has 1 unspecified atom stereocenters. The Balaban J connectivity index is 3.00. The fourth-order valence-electron chi connectivity index (χ4n) is 1.33. The fourth-order valence-corrected chi connectivity index (χ4v) is 1.33. The number of alkyl halides is 6. The first-order valence-corrected chi connectivity index (χ1v) is 4.60. The molecule has 0 saturated heterocycles. The molecule has 1 aromatic carbocycles. The van der Waals surface area contributed by atoms with E-state index in [4.69, 9.17) is 5.73 Å². The summed E-state index contributed by atoms with van der Waals surface area (Å²) in [5.74, 6) is 0.